The molecule has 122 valence electrons. The van der Waals surface area contributed by atoms with Gasteiger partial charge in [0.25, 0.3) is 0 Å². The summed E-state index contributed by atoms with van der Waals surface area (Å²) in [7, 11) is 1.55. The Morgan fingerprint density at radius 1 is 1.33 bits per heavy atom. The zero-order valence-corrected chi connectivity index (χ0v) is 12.7. The first-order valence-corrected chi connectivity index (χ1v) is 6.74. The van der Waals surface area contributed by atoms with Crippen LogP contribution in [0.15, 0.2) is 36.9 Å². The van der Waals surface area contributed by atoms with Crippen LogP contribution < -0.4 is 0 Å². The standard InChI is InChI=1S/C15H25FO5/c1-5-8-20-13(7-3)15(14(16)12(17)6-2)21-11-19-10-9-18-4/h5-6,12-13,17H,1-2,7-11H2,3-4H3/b15-14+. The topological polar surface area (TPSA) is 57.2 Å². The molecule has 0 aromatic carbocycles. The van der Waals surface area contributed by atoms with E-state index in [1.54, 1.807) is 13.2 Å². The Hall–Kier alpha value is -1.21. The van der Waals surface area contributed by atoms with Gasteiger partial charge < -0.3 is 24.1 Å². The van der Waals surface area contributed by atoms with E-state index >= 15 is 0 Å². The molecule has 0 fully saturated rings. The van der Waals surface area contributed by atoms with Crippen molar-refractivity contribution in [2.24, 2.45) is 0 Å². The number of aliphatic hydroxyl groups is 1. The normalized spacial score (nSPS) is 15.0. The fourth-order valence-electron chi connectivity index (χ4n) is 1.43. The van der Waals surface area contributed by atoms with E-state index in [2.05, 4.69) is 13.2 Å². The van der Waals surface area contributed by atoms with Crippen LogP contribution in [0, 0.1) is 0 Å². The van der Waals surface area contributed by atoms with Crippen molar-refractivity contribution in [2.45, 2.75) is 25.6 Å². The highest BCUT2D eigenvalue weighted by atomic mass is 19.1. The Balaban J connectivity index is 4.82. The Morgan fingerprint density at radius 3 is 2.57 bits per heavy atom. The first kappa shape index (κ1) is 19.8. The lowest BCUT2D eigenvalue weighted by Crippen LogP contribution is -2.22. The van der Waals surface area contributed by atoms with Crippen molar-refractivity contribution in [3.63, 3.8) is 0 Å². The van der Waals surface area contributed by atoms with Crippen molar-refractivity contribution in [3.05, 3.63) is 36.9 Å². The second-order valence-corrected chi connectivity index (χ2v) is 4.07. The highest BCUT2D eigenvalue weighted by Crippen LogP contribution is 2.21. The summed E-state index contributed by atoms with van der Waals surface area (Å²) in [5, 5.41) is 9.54. The molecular formula is C15H25FO5. The van der Waals surface area contributed by atoms with Gasteiger partial charge in [-0.1, -0.05) is 19.1 Å². The van der Waals surface area contributed by atoms with Gasteiger partial charge in [0.1, 0.15) is 12.2 Å². The van der Waals surface area contributed by atoms with E-state index in [-0.39, 0.29) is 19.2 Å². The molecule has 2 atom stereocenters. The summed E-state index contributed by atoms with van der Waals surface area (Å²) in [6, 6.07) is 0. The van der Waals surface area contributed by atoms with Crippen LogP contribution >= 0.6 is 0 Å². The van der Waals surface area contributed by atoms with E-state index in [0.717, 1.165) is 6.08 Å². The van der Waals surface area contributed by atoms with Gasteiger partial charge >= 0.3 is 0 Å². The van der Waals surface area contributed by atoms with E-state index in [1.807, 2.05) is 6.92 Å². The van der Waals surface area contributed by atoms with E-state index in [1.165, 1.54) is 0 Å². The Labute approximate surface area is 125 Å². The third-order valence-electron chi connectivity index (χ3n) is 2.53. The second kappa shape index (κ2) is 12.5. The summed E-state index contributed by atoms with van der Waals surface area (Å²) in [6.45, 7) is 9.51. The lowest BCUT2D eigenvalue weighted by atomic mass is 10.1. The molecule has 0 saturated carbocycles. The SMILES string of the molecule is C=CCOC(CC)/C(OCOCCOC)=C(\F)C(O)C=C. The monoisotopic (exact) mass is 304 g/mol. The molecule has 0 radical (unpaired) electrons. The molecule has 0 rings (SSSR count). The number of aliphatic hydroxyl groups excluding tert-OH is 1. The average Bonchev–Trinajstić information content (AvgIpc) is 2.51. The summed E-state index contributed by atoms with van der Waals surface area (Å²) in [5.41, 5.74) is 0. The van der Waals surface area contributed by atoms with Crippen LogP contribution in [0.3, 0.4) is 0 Å². The quantitative estimate of drug-likeness (QED) is 0.245. The fraction of sp³-hybridized carbons (Fsp3) is 0.600. The molecule has 0 bridgehead atoms. The molecule has 0 aromatic heterocycles. The van der Waals surface area contributed by atoms with Crippen molar-refractivity contribution < 1.29 is 28.4 Å². The van der Waals surface area contributed by atoms with E-state index < -0.39 is 18.0 Å². The average molecular weight is 304 g/mol. The minimum absolute atomic E-state index is 0.0934. The molecule has 2 unspecified atom stereocenters. The number of halogens is 1. The van der Waals surface area contributed by atoms with Gasteiger partial charge in [-0.3, -0.25) is 0 Å². The van der Waals surface area contributed by atoms with Gasteiger partial charge in [-0.15, -0.1) is 13.2 Å². The minimum Gasteiger partial charge on any atom is -0.466 e. The van der Waals surface area contributed by atoms with Gasteiger partial charge in [-0.05, 0) is 6.42 Å². The lowest BCUT2D eigenvalue weighted by molar-refractivity contribution is -0.0660. The summed E-state index contributed by atoms with van der Waals surface area (Å²) in [5.74, 6) is -0.930. The van der Waals surface area contributed by atoms with Gasteiger partial charge in [-0.25, -0.2) is 4.39 Å². The molecule has 5 nitrogen and oxygen atoms in total. The zero-order valence-electron chi connectivity index (χ0n) is 12.7. The number of ether oxygens (including phenoxy) is 4. The first-order valence-electron chi connectivity index (χ1n) is 6.74. The third-order valence-corrected chi connectivity index (χ3v) is 2.53. The summed E-state index contributed by atoms with van der Waals surface area (Å²) >= 11 is 0. The van der Waals surface area contributed by atoms with Gasteiger partial charge in [0.05, 0.1) is 19.8 Å². The number of hydrogen-bond donors (Lipinski definition) is 1. The molecule has 0 amide bonds. The molecule has 0 aromatic rings. The molecule has 21 heavy (non-hydrogen) atoms. The van der Waals surface area contributed by atoms with E-state index in [4.69, 9.17) is 18.9 Å². The van der Waals surface area contributed by atoms with Crippen molar-refractivity contribution >= 4 is 0 Å². The van der Waals surface area contributed by atoms with Crippen LogP contribution in [0.2, 0.25) is 0 Å². The fourth-order valence-corrected chi connectivity index (χ4v) is 1.43. The summed E-state index contributed by atoms with van der Waals surface area (Å²) in [4.78, 5) is 0. The van der Waals surface area contributed by atoms with Gasteiger partial charge in [-0.2, -0.15) is 0 Å². The zero-order chi connectivity index (χ0) is 16.1. The molecule has 0 saturated heterocycles. The molecular weight excluding hydrogens is 279 g/mol. The maximum atomic E-state index is 14.1. The number of methoxy groups -OCH3 is 1. The van der Waals surface area contributed by atoms with Gasteiger partial charge in [0.15, 0.2) is 18.4 Å². The van der Waals surface area contributed by atoms with Crippen LogP contribution in [0.25, 0.3) is 0 Å². The minimum atomic E-state index is -1.44. The second-order valence-electron chi connectivity index (χ2n) is 4.07. The molecule has 6 heteroatoms. The van der Waals surface area contributed by atoms with Crippen LogP contribution in [0.4, 0.5) is 4.39 Å². The third kappa shape index (κ3) is 7.96. The first-order chi connectivity index (χ1) is 10.1. The molecule has 1 N–H and O–H groups in total. The molecule has 0 heterocycles. The van der Waals surface area contributed by atoms with E-state index in [9.17, 15) is 9.50 Å². The van der Waals surface area contributed by atoms with Crippen molar-refractivity contribution in [3.8, 4) is 0 Å². The van der Waals surface area contributed by atoms with Crippen molar-refractivity contribution in [1.82, 2.24) is 0 Å². The molecule has 0 spiro atoms. The Bertz CT molecular complexity index is 330. The summed E-state index contributed by atoms with van der Waals surface area (Å²) in [6.07, 6.45) is 1.02. The van der Waals surface area contributed by atoms with Gasteiger partial charge in [0.2, 0.25) is 0 Å². The van der Waals surface area contributed by atoms with Crippen molar-refractivity contribution in [1.29, 1.82) is 0 Å². The highest BCUT2D eigenvalue weighted by molar-refractivity contribution is 5.14. The van der Waals surface area contributed by atoms with Crippen LogP contribution in [0.5, 0.6) is 0 Å². The summed E-state index contributed by atoms with van der Waals surface area (Å²) < 4.78 is 34.8. The maximum absolute atomic E-state index is 14.1. The molecule has 0 aliphatic rings. The highest BCUT2D eigenvalue weighted by Gasteiger charge is 2.23. The number of rotatable bonds is 13. The molecule has 0 aliphatic heterocycles. The van der Waals surface area contributed by atoms with Crippen LogP contribution in [-0.2, 0) is 18.9 Å². The molecule has 0 aliphatic carbocycles. The van der Waals surface area contributed by atoms with Crippen molar-refractivity contribution in [2.75, 3.05) is 33.7 Å². The maximum Gasteiger partial charge on any atom is 0.188 e. The van der Waals surface area contributed by atoms with Crippen LogP contribution in [-0.4, -0.2) is 51.0 Å². The smallest absolute Gasteiger partial charge is 0.188 e. The van der Waals surface area contributed by atoms with Crippen LogP contribution in [0.1, 0.15) is 13.3 Å². The van der Waals surface area contributed by atoms with E-state index in [0.29, 0.717) is 19.6 Å². The predicted octanol–water partition coefficient (Wildman–Crippen LogP) is 2.33. The Kier molecular flexibility index (Phi) is 11.8. The lowest BCUT2D eigenvalue weighted by Gasteiger charge is -2.21. The largest absolute Gasteiger partial charge is 0.466 e. The van der Waals surface area contributed by atoms with Gasteiger partial charge in [0, 0.05) is 7.11 Å². The predicted molar refractivity (Wildman–Crippen MR) is 78.3 cm³/mol. The Morgan fingerprint density at radius 2 is 2.05 bits per heavy atom. The number of hydrogen-bond acceptors (Lipinski definition) is 5.